The molecule has 2 heterocycles. The molecule has 1 fully saturated rings. The molecule has 0 amide bonds. The van der Waals surface area contributed by atoms with Crippen molar-refractivity contribution in [2.45, 2.75) is 13.0 Å². The summed E-state index contributed by atoms with van der Waals surface area (Å²) >= 11 is 0. The molecule has 1 aromatic carbocycles. The zero-order chi connectivity index (χ0) is 18.1. The highest BCUT2D eigenvalue weighted by molar-refractivity contribution is 5.88. The van der Waals surface area contributed by atoms with Crippen LogP contribution in [0.3, 0.4) is 0 Å². The van der Waals surface area contributed by atoms with Crippen molar-refractivity contribution < 1.29 is 13.9 Å². The number of nitrogens with zero attached hydrogens (tertiary/aromatic N) is 3. The third-order valence-electron chi connectivity index (χ3n) is 4.13. The van der Waals surface area contributed by atoms with E-state index < -0.39 is 23.0 Å². The van der Waals surface area contributed by atoms with Gasteiger partial charge in [0.05, 0.1) is 18.3 Å². The number of hydrogen-bond donors (Lipinski definition) is 0. The van der Waals surface area contributed by atoms with Crippen LogP contribution in [0.15, 0.2) is 40.1 Å². The van der Waals surface area contributed by atoms with Crippen LogP contribution in [0.25, 0.3) is 5.69 Å². The van der Waals surface area contributed by atoms with E-state index in [-0.39, 0.29) is 23.9 Å². The average molecular weight is 347 g/mol. The van der Waals surface area contributed by atoms with Crippen LogP contribution < -0.4 is 11.2 Å². The average Bonchev–Trinajstić information content (AvgIpc) is 2.54. The van der Waals surface area contributed by atoms with Gasteiger partial charge in [0.1, 0.15) is 11.4 Å². The maximum Gasteiger partial charge on any atom is 0.345 e. The normalized spacial score (nSPS) is 15.0. The third kappa shape index (κ3) is 3.12. The van der Waals surface area contributed by atoms with Gasteiger partial charge in [0.2, 0.25) is 0 Å². The molecule has 132 valence electrons. The van der Waals surface area contributed by atoms with Crippen molar-refractivity contribution in [2.24, 2.45) is 0 Å². The summed E-state index contributed by atoms with van der Waals surface area (Å²) in [5, 5.41) is 0. The van der Waals surface area contributed by atoms with Gasteiger partial charge < -0.3 is 9.64 Å². The Morgan fingerprint density at radius 3 is 2.44 bits per heavy atom. The van der Waals surface area contributed by atoms with Gasteiger partial charge in [-0.1, -0.05) is 0 Å². The SMILES string of the molecule is CCOC(=O)c1cn(C2CN(C)C2)c(=O)n(-c2ccc(F)cc2)c1=O. The molecule has 0 radical (unpaired) electrons. The fraction of sp³-hybridized carbons (Fsp3) is 0.353. The summed E-state index contributed by atoms with van der Waals surface area (Å²) in [6.07, 6.45) is 1.26. The molecule has 0 N–H and O–H groups in total. The first-order valence-electron chi connectivity index (χ1n) is 7.92. The number of likely N-dealkylation sites (N-methyl/N-ethyl adjacent to an activating group) is 1. The van der Waals surface area contributed by atoms with Gasteiger partial charge in [0.15, 0.2) is 0 Å². The molecule has 1 aliphatic heterocycles. The Kier molecular flexibility index (Phi) is 4.54. The van der Waals surface area contributed by atoms with E-state index in [0.29, 0.717) is 13.1 Å². The Bertz CT molecular complexity index is 911. The molecule has 0 aliphatic carbocycles. The van der Waals surface area contributed by atoms with E-state index >= 15 is 0 Å². The second-order valence-corrected chi connectivity index (χ2v) is 5.95. The fourth-order valence-electron chi connectivity index (χ4n) is 2.84. The number of likely N-dealkylation sites (tertiary alicyclic amines) is 1. The van der Waals surface area contributed by atoms with Gasteiger partial charge in [-0.2, -0.15) is 0 Å². The summed E-state index contributed by atoms with van der Waals surface area (Å²) in [5.41, 5.74) is -1.37. The number of benzene rings is 1. The summed E-state index contributed by atoms with van der Waals surface area (Å²) in [6.45, 7) is 3.00. The van der Waals surface area contributed by atoms with E-state index in [1.807, 2.05) is 11.9 Å². The Morgan fingerprint density at radius 1 is 1.24 bits per heavy atom. The van der Waals surface area contributed by atoms with Gasteiger partial charge in [0, 0.05) is 19.3 Å². The van der Waals surface area contributed by atoms with Crippen LogP contribution in [-0.4, -0.2) is 46.7 Å². The topological polar surface area (TPSA) is 73.5 Å². The fourth-order valence-corrected chi connectivity index (χ4v) is 2.84. The number of halogens is 1. The first kappa shape index (κ1) is 17.1. The molecule has 0 bridgehead atoms. The number of ether oxygens (including phenoxy) is 1. The molecule has 2 aromatic rings. The van der Waals surface area contributed by atoms with E-state index in [0.717, 1.165) is 16.7 Å². The number of rotatable bonds is 4. The molecule has 25 heavy (non-hydrogen) atoms. The minimum absolute atomic E-state index is 0.111. The van der Waals surface area contributed by atoms with Gasteiger partial charge in [-0.3, -0.25) is 9.36 Å². The van der Waals surface area contributed by atoms with E-state index in [4.69, 9.17) is 4.74 Å². The minimum atomic E-state index is -0.787. The lowest BCUT2D eigenvalue weighted by atomic mass is 10.1. The molecule has 1 aliphatic rings. The molecule has 7 nitrogen and oxygen atoms in total. The van der Waals surface area contributed by atoms with Crippen LogP contribution in [0.1, 0.15) is 23.3 Å². The smallest absolute Gasteiger partial charge is 0.345 e. The predicted octanol–water partition coefficient (Wildman–Crippen LogP) is 0.802. The summed E-state index contributed by atoms with van der Waals surface area (Å²) in [7, 11) is 1.91. The highest BCUT2D eigenvalue weighted by atomic mass is 19.1. The maximum absolute atomic E-state index is 13.2. The summed E-state index contributed by atoms with van der Waals surface area (Å²) in [6, 6.07) is 4.81. The lowest BCUT2D eigenvalue weighted by molar-refractivity contribution is 0.0520. The van der Waals surface area contributed by atoms with Crippen LogP contribution in [0.4, 0.5) is 4.39 Å². The van der Waals surface area contributed by atoms with Crippen LogP contribution in [0, 0.1) is 5.82 Å². The maximum atomic E-state index is 13.2. The Morgan fingerprint density at radius 2 is 1.88 bits per heavy atom. The van der Waals surface area contributed by atoms with E-state index in [9.17, 15) is 18.8 Å². The second kappa shape index (κ2) is 6.64. The van der Waals surface area contributed by atoms with Gasteiger partial charge in [-0.05, 0) is 38.2 Å². The number of aromatic nitrogens is 2. The van der Waals surface area contributed by atoms with Gasteiger partial charge in [-0.25, -0.2) is 18.5 Å². The number of hydrogen-bond acceptors (Lipinski definition) is 5. The number of carbonyl (C=O) groups excluding carboxylic acids is 1. The molecule has 0 spiro atoms. The van der Waals surface area contributed by atoms with Crippen molar-refractivity contribution >= 4 is 5.97 Å². The largest absolute Gasteiger partial charge is 0.462 e. The molecule has 0 saturated carbocycles. The van der Waals surface area contributed by atoms with Crippen molar-refractivity contribution in [2.75, 3.05) is 26.7 Å². The van der Waals surface area contributed by atoms with Crippen molar-refractivity contribution in [3.8, 4) is 5.69 Å². The lowest BCUT2D eigenvalue weighted by Crippen LogP contribution is -2.51. The van der Waals surface area contributed by atoms with E-state index in [2.05, 4.69) is 0 Å². The highest BCUT2D eigenvalue weighted by Gasteiger charge is 2.29. The molecule has 0 atom stereocenters. The van der Waals surface area contributed by atoms with Crippen molar-refractivity contribution in [3.63, 3.8) is 0 Å². The lowest BCUT2D eigenvalue weighted by Gasteiger charge is -2.37. The van der Waals surface area contributed by atoms with Gasteiger partial charge >= 0.3 is 11.7 Å². The van der Waals surface area contributed by atoms with Crippen molar-refractivity contribution in [1.82, 2.24) is 14.0 Å². The van der Waals surface area contributed by atoms with E-state index in [1.54, 1.807) is 6.92 Å². The van der Waals surface area contributed by atoms with E-state index in [1.165, 1.54) is 22.9 Å². The molecule has 1 saturated heterocycles. The summed E-state index contributed by atoms with van der Waals surface area (Å²) < 4.78 is 20.4. The van der Waals surface area contributed by atoms with Crippen molar-refractivity contribution in [1.29, 1.82) is 0 Å². The van der Waals surface area contributed by atoms with Gasteiger partial charge in [-0.15, -0.1) is 0 Å². The Balaban J connectivity index is 2.21. The molecular weight excluding hydrogens is 329 g/mol. The summed E-state index contributed by atoms with van der Waals surface area (Å²) in [4.78, 5) is 39.6. The Hall–Kier alpha value is -2.74. The quantitative estimate of drug-likeness (QED) is 0.765. The standard InChI is InChI=1S/C17H18FN3O4/c1-3-25-16(23)14-10-20(13-8-19(2)9-13)17(24)21(15(14)22)12-6-4-11(18)5-7-12/h4-7,10,13H,3,8-9H2,1-2H3. The zero-order valence-electron chi connectivity index (χ0n) is 13.9. The highest BCUT2D eigenvalue weighted by Crippen LogP contribution is 2.17. The van der Waals surface area contributed by atoms with Crippen molar-refractivity contribution in [3.05, 3.63) is 62.7 Å². The number of carbonyl (C=O) groups is 1. The molecule has 1 aromatic heterocycles. The third-order valence-corrected chi connectivity index (χ3v) is 4.13. The molecular formula is C17H18FN3O4. The summed E-state index contributed by atoms with van der Waals surface area (Å²) in [5.74, 6) is -1.27. The van der Waals surface area contributed by atoms with Crippen LogP contribution >= 0.6 is 0 Å². The second-order valence-electron chi connectivity index (χ2n) is 5.95. The van der Waals surface area contributed by atoms with Gasteiger partial charge in [0.25, 0.3) is 5.56 Å². The first-order chi connectivity index (χ1) is 11.9. The van der Waals surface area contributed by atoms with Crippen LogP contribution in [0.2, 0.25) is 0 Å². The van der Waals surface area contributed by atoms with Crippen LogP contribution in [0.5, 0.6) is 0 Å². The zero-order valence-corrected chi connectivity index (χ0v) is 13.9. The molecule has 3 rings (SSSR count). The minimum Gasteiger partial charge on any atom is -0.462 e. The Labute approximate surface area is 142 Å². The number of esters is 1. The predicted molar refractivity (Wildman–Crippen MR) is 88.7 cm³/mol. The molecule has 8 heteroatoms. The van der Waals surface area contributed by atoms with Crippen LogP contribution in [-0.2, 0) is 4.74 Å². The monoisotopic (exact) mass is 347 g/mol. The first-order valence-corrected chi connectivity index (χ1v) is 7.92. The molecule has 0 unspecified atom stereocenters.